The van der Waals surface area contributed by atoms with Crippen molar-refractivity contribution in [2.45, 2.75) is 39.0 Å². The number of rotatable bonds is 6. The van der Waals surface area contributed by atoms with Crippen molar-refractivity contribution in [2.75, 3.05) is 26.8 Å². The van der Waals surface area contributed by atoms with Crippen molar-refractivity contribution in [2.24, 2.45) is 16.3 Å². The monoisotopic (exact) mass is 459 g/mol. The third-order valence-electron chi connectivity index (χ3n) is 5.27. The molecular formula is C19H30IN3O2. The van der Waals surface area contributed by atoms with Gasteiger partial charge in [0.2, 0.25) is 0 Å². The van der Waals surface area contributed by atoms with Gasteiger partial charge in [-0.15, -0.1) is 24.0 Å². The van der Waals surface area contributed by atoms with Crippen molar-refractivity contribution in [1.29, 1.82) is 0 Å². The zero-order chi connectivity index (χ0) is 17.0. The molecule has 3 atom stereocenters. The summed E-state index contributed by atoms with van der Waals surface area (Å²) in [5.74, 6) is 1.45. The number of nitrogens with one attached hydrogen (secondary N) is 2. The summed E-state index contributed by atoms with van der Waals surface area (Å²) < 4.78 is 11.6. The molecule has 0 spiro atoms. The summed E-state index contributed by atoms with van der Waals surface area (Å²) in [4.78, 5) is 4.34. The molecule has 0 radical (unpaired) electrons. The van der Waals surface area contributed by atoms with E-state index in [1.54, 1.807) is 0 Å². The van der Waals surface area contributed by atoms with Crippen LogP contribution in [0.3, 0.4) is 0 Å². The number of aliphatic imine (C=N–C) groups is 1. The van der Waals surface area contributed by atoms with Crippen LogP contribution >= 0.6 is 24.0 Å². The summed E-state index contributed by atoms with van der Waals surface area (Å²) in [5, 5.41) is 6.92. The first-order chi connectivity index (χ1) is 11.6. The Bertz CT molecular complexity index is 565. The van der Waals surface area contributed by atoms with E-state index in [2.05, 4.69) is 41.6 Å². The van der Waals surface area contributed by atoms with Crippen molar-refractivity contribution < 1.29 is 9.47 Å². The molecule has 1 aliphatic carbocycles. The van der Waals surface area contributed by atoms with Gasteiger partial charge < -0.3 is 20.1 Å². The summed E-state index contributed by atoms with van der Waals surface area (Å²) in [6, 6.07) is 10.6. The molecule has 0 aromatic heterocycles. The van der Waals surface area contributed by atoms with Gasteiger partial charge in [0.15, 0.2) is 5.96 Å². The average Bonchev–Trinajstić information content (AvgIpc) is 3.05. The Kier molecular flexibility index (Phi) is 7.51. The Morgan fingerprint density at radius 3 is 2.80 bits per heavy atom. The fraction of sp³-hybridized carbons (Fsp3) is 0.632. The first kappa shape index (κ1) is 20.5. The lowest BCUT2D eigenvalue weighted by molar-refractivity contribution is -0.106. The molecule has 1 heterocycles. The fourth-order valence-corrected chi connectivity index (χ4v) is 3.97. The number of hydrogen-bond acceptors (Lipinski definition) is 3. The van der Waals surface area contributed by atoms with Gasteiger partial charge in [-0.05, 0) is 12.0 Å². The van der Waals surface area contributed by atoms with E-state index in [1.807, 2.05) is 25.2 Å². The molecule has 1 aromatic carbocycles. The van der Waals surface area contributed by atoms with Crippen LogP contribution in [0.4, 0.5) is 0 Å². The Labute approximate surface area is 168 Å². The molecule has 2 N–H and O–H groups in total. The van der Waals surface area contributed by atoms with Crippen LogP contribution in [0.1, 0.15) is 25.8 Å². The van der Waals surface area contributed by atoms with Crippen molar-refractivity contribution >= 4 is 29.9 Å². The van der Waals surface area contributed by atoms with E-state index in [0.29, 0.717) is 31.3 Å². The maximum Gasteiger partial charge on any atom is 0.191 e. The zero-order valence-corrected chi connectivity index (χ0v) is 17.7. The molecule has 3 unspecified atom stereocenters. The highest BCUT2D eigenvalue weighted by molar-refractivity contribution is 14.0. The number of fused-ring (bicyclic) bond motifs is 1. The molecule has 1 aromatic rings. The van der Waals surface area contributed by atoms with Crippen molar-refractivity contribution in [1.82, 2.24) is 10.6 Å². The van der Waals surface area contributed by atoms with Crippen LogP contribution < -0.4 is 10.6 Å². The summed E-state index contributed by atoms with van der Waals surface area (Å²) in [5.41, 5.74) is 1.35. The van der Waals surface area contributed by atoms with Gasteiger partial charge in [-0.3, -0.25) is 4.99 Å². The number of nitrogens with zero attached hydrogens (tertiary/aromatic N) is 1. The van der Waals surface area contributed by atoms with Gasteiger partial charge in [0, 0.05) is 37.6 Å². The van der Waals surface area contributed by atoms with Crippen LogP contribution in [0.2, 0.25) is 0 Å². The number of benzene rings is 1. The molecule has 0 amide bonds. The maximum absolute atomic E-state index is 5.85. The average molecular weight is 459 g/mol. The number of halogens is 1. The van der Waals surface area contributed by atoms with E-state index < -0.39 is 0 Å². The second-order valence-corrected chi connectivity index (χ2v) is 7.22. The molecule has 3 rings (SSSR count). The summed E-state index contributed by atoms with van der Waals surface area (Å²) in [6.07, 6.45) is 1.53. The lowest BCUT2D eigenvalue weighted by atomic mass is 9.57. The topological polar surface area (TPSA) is 54.9 Å². The van der Waals surface area contributed by atoms with Gasteiger partial charge in [-0.2, -0.15) is 0 Å². The van der Waals surface area contributed by atoms with Crippen molar-refractivity contribution in [3.8, 4) is 0 Å². The summed E-state index contributed by atoms with van der Waals surface area (Å²) in [7, 11) is 1.81. The molecule has 140 valence electrons. The standard InChI is InChI=1S/C19H29N3O2.HI/c1-19(2)16(15-9-11-24-17(15)19)22-18(20-3)21-10-12-23-13-14-7-5-4-6-8-14;/h4-8,15-17H,9-13H2,1-3H3,(H2,20,21,22);1H. The molecule has 1 saturated carbocycles. The number of guanidine groups is 1. The van der Waals surface area contributed by atoms with Crippen molar-refractivity contribution in [3.63, 3.8) is 0 Å². The molecule has 1 aliphatic heterocycles. The van der Waals surface area contributed by atoms with E-state index in [4.69, 9.17) is 9.47 Å². The third-order valence-corrected chi connectivity index (χ3v) is 5.27. The van der Waals surface area contributed by atoms with E-state index in [9.17, 15) is 0 Å². The van der Waals surface area contributed by atoms with E-state index in [0.717, 1.165) is 25.5 Å². The summed E-state index contributed by atoms with van der Waals surface area (Å²) >= 11 is 0. The number of hydrogen-bond donors (Lipinski definition) is 2. The number of ether oxygens (including phenoxy) is 2. The Morgan fingerprint density at radius 2 is 2.08 bits per heavy atom. The van der Waals surface area contributed by atoms with Crippen molar-refractivity contribution in [3.05, 3.63) is 35.9 Å². The molecule has 5 nitrogen and oxygen atoms in total. The fourth-order valence-electron chi connectivity index (χ4n) is 3.97. The quantitative estimate of drug-likeness (QED) is 0.298. The third kappa shape index (κ3) is 4.65. The highest BCUT2D eigenvalue weighted by atomic mass is 127. The highest BCUT2D eigenvalue weighted by Gasteiger charge is 2.59. The Hall–Kier alpha value is -0.860. The first-order valence-corrected chi connectivity index (χ1v) is 8.83. The molecule has 1 saturated heterocycles. The Balaban J connectivity index is 0.00000225. The van der Waals surface area contributed by atoms with Crippen LogP contribution in [0.5, 0.6) is 0 Å². The Morgan fingerprint density at radius 1 is 1.32 bits per heavy atom. The van der Waals surface area contributed by atoms with Crippen LogP contribution in [-0.2, 0) is 16.1 Å². The normalized spacial score (nSPS) is 27.0. The molecule has 0 bridgehead atoms. The minimum Gasteiger partial charge on any atom is -0.377 e. The second kappa shape index (κ2) is 9.19. The van der Waals surface area contributed by atoms with Gasteiger partial charge in [0.25, 0.3) is 0 Å². The minimum absolute atomic E-state index is 0. The first-order valence-electron chi connectivity index (χ1n) is 8.83. The van der Waals surface area contributed by atoms with Gasteiger partial charge in [0.1, 0.15) is 0 Å². The maximum atomic E-state index is 5.85. The smallest absolute Gasteiger partial charge is 0.191 e. The predicted molar refractivity (Wildman–Crippen MR) is 111 cm³/mol. The summed E-state index contributed by atoms with van der Waals surface area (Å²) in [6.45, 7) is 7.46. The molecular weight excluding hydrogens is 429 g/mol. The molecule has 2 fully saturated rings. The van der Waals surface area contributed by atoms with Crippen LogP contribution in [0.15, 0.2) is 35.3 Å². The van der Waals surface area contributed by atoms with Gasteiger partial charge >= 0.3 is 0 Å². The zero-order valence-electron chi connectivity index (χ0n) is 15.3. The van der Waals surface area contributed by atoms with E-state index in [-0.39, 0.29) is 29.4 Å². The molecule has 25 heavy (non-hydrogen) atoms. The lowest BCUT2D eigenvalue weighted by Gasteiger charge is -2.54. The SMILES string of the molecule is CN=C(NCCOCc1ccccc1)NC1C2CCOC2C1(C)C.I. The lowest BCUT2D eigenvalue weighted by Crippen LogP contribution is -2.68. The van der Waals surface area contributed by atoms with Gasteiger partial charge in [-0.1, -0.05) is 44.2 Å². The van der Waals surface area contributed by atoms with E-state index >= 15 is 0 Å². The van der Waals surface area contributed by atoms with Crippen LogP contribution in [0.25, 0.3) is 0 Å². The van der Waals surface area contributed by atoms with Crippen LogP contribution in [-0.4, -0.2) is 44.9 Å². The van der Waals surface area contributed by atoms with E-state index in [1.165, 1.54) is 5.56 Å². The highest BCUT2D eigenvalue weighted by Crippen LogP contribution is 2.51. The molecule has 6 heteroatoms. The predicted octanol–water partition coefficient (Wildman–Crippen LogP) is 2.80. The second-order valence-electron chi connectivity index (χ2n) is 7.22. The largest absolute Gasteiger partial charge is 0.377 e. The van der Waals surface area contributed by atoms with Gasteiger partial charge in [-0.25, -0.2) is 0 Å². The van der Waals surface area contributed by atoms with Crippen LogP contribution in [0, 0.1) is 11.3 Å². The minimum atomic E-state index is 0. The molecule has 2 aliphatic rings. The van der Waals surface area contributed by atoms with Gasteiger partial charge in [0.05, 0.1) is 19.3 Å².